The van der Waals surface area contributed by atoms with Crippen LogP contribution in [0.4, 0.5) is 5.69 Å². The fourth-order valence-electron chi connectivity index (χ4n) is 1.96. The molecule has 1 aromatic heterocycles. The number of carbonyl (C=O) groups is 1. The van der Waals surface area contributed by atoms with E-state index in [1.807, 2.05) is 38.4 Å². The van der Waals surface area contributed by atoms with Gasteiger partial charge in [0, 0.05) is 24.7 Å². The Morgan fingerprint density at radius 1 is 1.22 bits per heavy atom. The van der Waals surface area contributed by atoms with Crippen LogP contribution in [-0.2, 0) is 6.54 Å². The quantitative estimate of drug-likeness (QED) is 0.818. The van der Waals surface area contributed by atoms with E-state index in [4.69, 9.17) is 11.6 Å². The Hall–Kier alpha value is -2.11. The van der Waals surface area contributed by atoms with Gasteiger partial charge in [-0.05, 0) is 37.9 Å². The molecule has 0 bridgehead atoms. The Morgan fingerprint density at radius 3 is 2.65 bits per heavy atom. The summed E-state index contributed by atoms with van der Waals surface area (Å²) in [7, 11) is 4.04. The van der Waals surface area contributed by atoms with E-state index in [0.717, 1.165) is 24.3 Å². The molecular formula is C17H21ClN4O. The van der Waals surface area contributed by atoms with Gasteiger partial charge in [-0.2, -0.15) is 0 Å². The molecule has 0 saturated carbocycles. The molecule has 122 valence electrons. The minimum Gasteiger partial charge on any atom is -0.383 e. The highest BCUT2D eigenvalue weighted by molar-refractivity contribution is 6.31. The molecule has 1 aromatic carbocycles. The number of aromatic nitrogens is 1. The van der Waals surface area contributed by atoms with Gasteiger partial charge in [0.1, 0.15) is 5.69 Å². The first kappa shape index (κ1) is 17.2. The van der Waals surface area contributed by atoms with Crippen molar-refractivity contribution in [1.82, 2.24) is 15.2 Å². The number of pyridine rings is 1. The predicted molar refractivity (Wildman–Crippen MR) is 93.9 cm³/mol. The molecule has 2 rings (SSSR count). The highest BCUT2D eigenvalue weighted by Crippen LogP contribution is 2.14. The Labute approximate surface area is 141 Å². The lowest BCUT2D eigenvalue weighted by molar-refractivity contribution is 0.0946. The van der Waals surface area contributed by atoms with Crippen molar-refractivity contribution in [2.24, 2.45) is 0 Å². The number of amides is 1. The molecular weight excluding hydrogens is 312 g/mol. The number of hydrogen-bond donors (Lipinski definition) is 2. The molecule has 1 amide bonds. The number of carbonyl (C=O) groups excluding carboxylic acids is 1. The third-order valence-electron chi connectivity index (χ3n) is 3.28. The number of halogens is 1. The summed E-state index contributed by atoms with van der Waals surface area (Å²) in [5, 5.41) is 6.71. The van der Waals surface area contributed by atoms with Crippen LogP contribution in [0.1, 0.15) is 16.1 Å². The molecule has 1 heterocycles. The lowest BCUT2D eigenvalue weighted by Crippen LogP contribution is -2.24. The van der Waals surface area contributed by atoms with E-state index in [0.29, 0.717) is 17.3 Å². The third-order valence-corrected chi connectivity index (χ3v) is 3.65. The van der Waals surface area contributed by atoms with Crippen molar-refractivity contribution in [3.05, 3.63) is 58.9 Å². The van der Waals surface area contributed by atoms with Crippen molar-refractivity contribution >= 4 is 23.2 Å². The first-order valence-electron chi connectivity index (χ1n) is 7.42. The first-order valence-corrected chi connectivity index (χ1v) is 7.80. The zero-order chi connectivity index (χ0) is 16.7. The molecule has 0 aliphatic carbocycles. The summed E-state index contributed by atoms with van der Waals surface area (Å²) < 4.78 is 0. The Bertz CT molecular complexity index is 643. The summed E-state index contributed by atoms with van der Waals surface area (Å²) in [5.74, 6) is -0.218. The van der Waals surface area contributed by atoms with Crippen LogP contribution in [0.5, 0.6) is 0 Å². The van der Waals surface area contributed by atoms with Gasteiger partial charge in [0.05, 0.1) is 11.9 Å². The second-order valence-corrected chi connectivity index (χ2v) is 5.84. The van der Waals surface area contributed by atoms with Crippen LogP contribution in [-0.4, -0.2) is 43.0 Å². The van der Waals surface area contributed by atoms with E-state index in [2.05, 4.69) is 20.5 Å². The van der Waals surface area contributed by atoms with E-state index >= 15 is 0 Å². The molecule has 0 unspecified atom stereocenters. The highest BCUT2D eigenvalue weighted by atomic mass is 35.5. The van der Waals surface area contributed by atoms with E-state index in [1.54, 1.807) is 18.3 Å². The summed E-state index contributed by atoms with van der Waals surface area (Å²) >= 11 is 6.07. The second-order valence-electron chi connectivity index (χ2n) is 5.44. The summed E-state index contributed by atoms with van der Waals surface area (Å²) in [6.45, 7) is 2.13. The van der Waals surface area contributed by atoms with Gasteiger partial charge in [-0.25, -0.2) is 4.98 Å². The molecule has 0 aliphatic rings. The van der Waals surface area contributed by atoms with Crippen LogP contribution in [0.3, 0.4) is 0 Å². The maximum Gasteiger partial charge on any atom is 0.270 e. The number of benzene rings is 1. The molecule has 23 heavy (non-hydrogen) atoms. The molecule has 2 aromatic rings. The summed E-state index contributed by atoms with van der Waals surface area (Å²) in [4.78, 5) is 18.4. The number of nitrogens with one attached hydrogen (secondary N) is 2. The summed E-state index contributed by atoms with van der Waals surface area (Å²) in [5.41, 5.74) is 2.16. The standard InChI is InChI=1S/C17H21ClN4O/c1-22(2)10-9-19-14-7-8-16(20-12-14)17(23)21-11-13-5-3-4-6-15(13)18/h3-8,12,19H,9-11H2,1-2H3,(H,21,23). The maximum atomic E-state index is 12.1. The number of nitrogens with zero attached hydrogens (tertiary/aromatic N) is 2. The highest BCUT2D eigenvalue weighted by Gasteiger charge is 2.08. The van der Waals surface area contributed by atoms with Crippen molar-refractivity contribution in [2.45, 2.75) is 6.54 Å². The number of rotatable bonds is 7. The van der Waals surface area contributed by atoms with Crippen LogP contribution >= 0.6 is 11.6 Å². The number of anilines is 1. The normalized spacial score (nSPS) is 10.6. The second kappa shape index (κ2) is 8.50. The molecule has 0 spiro atoms. The summed E-state index contributed by atoms with van der Waals surface area (Å²) in [6.07, 6.45) is 1.67. The number of likely N-dealkylation sites (N-methyl/N-ethyl adjacent to an activating group) is 1. The first-order chi connectivity index (χ1) is 11.1. The van der Waals surface area contributed by atoms with Crippen molar-refractivity contribution in [2.75, 3.05) is 32.5 Å². The molecule has 0 radical (unpaired) electrons. The topological polar surface area (TPSA) is 57.3 Å². The van der Waals surface area contributed by atoms with Crippen LogP contribution in [0, 0.1) is 0 Å². The van der Waals surface area contributed by atoms with Crippen molar-refractivity contribution < 1.29 is 4.79 Å². The van der Waals surface area contributed by atoms with Gasteiger partial charge in [0.15, 0.2) is 0 Å². The van der Waals surface area contributed by atoms with Crippen molar-refractivity contribution in [1.29, 1.82) is 0 Å². The van der Waals surface area contributed by atoms with Gasteiger partial charge in [-0.15, -0.1) is 0 Å². The molecule has 6 heteroatoms. The SMILES string of the molecule is CN(C)CCNc1ccc(C(=O)NCc2ccccc2Cl)nc1. The van der Waals surface area contributed by atoms with Gasteiger partial charge < -0.3 is 15.5 Å². The van der Waals surface area contributed by atoms with Gasteiger partial charge in [-0.1, -0.05) is 29.8 Å². The number of hydrogen-bond acceptors (Lipinski definition) is 4. The minimum absolute atomic E-state index is 0.218. The van der Waals surface area contributed by atoms with Gasteiger partial charge >= 0.3 is 0 Å². The zero-order valence-corrected chi connectivity index (χ0v) is 14.1. The Balaban J connectivity index is 1.86. The monoisotopic (exact) mass is 332 g/mol. The van der Waals surface area contributed by atoms with Crippen molar-refractivity contribution in [3.8, 4) is 0 Å². The smallest absolute Gasteiger partial charge is 0.270 e. The molecule has 0 fully saturated rings. The van der Waals surface area contributed by atoms with Crippen molar-refractivity contribution in [3.63, 3.8) is 0 Å². The van der Waals surface area contributed by atoms with E-state index in [-0.39, 0.29) is 5.91 Å². The average molecular weight is 333 g/mol. The summed E-state index contributed by atoms with van der Waals surface area (Å²) in [6, 6.07) is 11.0. The van der Waals surface area contributed by atoms with E-state index < -0.39 is 0 Å². The fourth-order valence-corrected chi connectivity index (χ4v) is 2.17. The Kier molecular flexibility index (Phi) is 6.38. The molecule has 0 saturated heterocycles. The molecule has 0 aliphatic heterocycles. The van der Waals surface area contributed by atoms with Crippen LogP contribution in [0.2, 0.25) is 5.02 Å². The van der Waals surface area contributed by atoms with Gasteiger partial charge in [0.25, 0.3) is 5.91 Å². The largest absolute Gasteiger partial charge is 0.383 e. The maximum absolute atomic E-state index is 12.1. The van der Waals surface area contributed by atoms with Gasteiger partial charge in [0.2, 0.25) is 0 Å². The molecule has 0 atom stereocenters. The van der Waals surface area contributed by atoms with Crippen LogP contribution in [0.25, 0.3) is 0 Å². The Morgan fingerprint density at radius 2 is 2.00 bits per heavy atom. The fraction of sp³-hybridized carbons (Fsp3) is 0.294. The molecule has 2 N–H and O–H groups in total. The lowest BCUT2D eigenvalue weighted by atomic mass is 10.2. The van der Waals surface area contributed by atoms with Crippen LogP contribution < -0.4 is 10.6 Å². The van der Waals surface area contributed by atoms with E-state index in [9.17, 15) is 4.79 Å². The average Bonchev–Trinajstić information content (AvgIpc) is 2.54. The van der Waals surface area contributed by atoms with E-state index in [1.165, 1.54) is 0 Å². The zero-order valence-electron chi connectivity index (χ0n) is 13.3. The predicted octanol–water partition coefficient (Wildman–Crippen LogP) is 2.64. The van der Waals surface area contributed by atoms with Crippen LogP contribution in [0.15, 0.2) is 42.6 Å². The lowest BCUT2D eigenvalue weighted by Gasteiger charge is -2.11. The molecule has 5 nitrogen and oxygen atoms in total. The third kappa shape index (κ3) is 5.54. The minimum atomic E-state index is -0.218. The van der Waals surface area contributed by atoms with Gasteiger partial charge in [-0.3, -0.25) is 4.79 Å².